The third kappa shape index (κ3) is 2.10. The van der Waals surface area contributed by atoms with Crippen molar-refractivity contribution in [1.29, 1.82) is 0 Å². The zero-order valence-electron chi connectivity index (χ0n) is 13.6. The van der Waals surface area contributed by atoms with Crippen LogP contribution in [0.1, 0.15) is 36.4 Å². The Morgan fingerprint density at radius 3 is 2.87 bits per heavy atom. The van der Waals surface area contributed by atoms with Crippen LogP contribution in [0.2, 0.25) is 0 Å². The molecule has 1 aromatic rings. The molecule has 4 rings (SSSR count). The normalized spacial score (nSPS) is 22.8. The highest BCUT2D eigenvalue weighted by Gasteiger charge is 2.40. The van der Waals surface area contributed by atoms with Crippen molar-refractivity contribution in [3.63, 3.8) is 0 Å². The topological polar surface area (TPSA) is 50.8 Å². The predicted molar refractivity (Wildman–Crippen MR) is 86.6 cm³/mol. The molecule has 0 saturated carbocycles. The van der Waals surface area contributed by atoms with Gasteiger partial charge in [-0.2, -0.15) is 0 Å². The highest BCUT2D eigenvalue weighted by molar-refractivity contribution is 5.96. The number of hydrogen-bond donors (Lipinski definition) is 1. The van der Waals surface area contributed by atoms with Crippen LogP contribution in [0.15, 0.2) is 23.4 Å². The molecule has 23 heavy (non-hydrogen) atoms. The molecule has 122 valence electrons. The fourth-order valence-corrected chi connectivity index (χ4v) is 4.14. The third-order valence-corrected chi connectivity index (χ3v) is 5.23. The van der Waals surface area contributed by atoms with Crippen LogP contribution in [-0.2, 0) is 11.2 Å². The van der Waals surface area contributed by atoms with Gasteiger partial charge in [0.15, 0.2) is 11.5 Å². The van der Waals surface area contributed by atoms with E-state index in [1.807, 2.05) is 11.0 Å². The fraction of sp³-hybridized carbons (Fsp3) is 0.500. The summed E-state index contributed by atoms with van der Waals surface area (Å²) in [5.74, 6) is 1.70. The van der Waals surface area contributed by atoms with Crippen LogP contribution in [0, 0.1) is 0 Å². The first-order chi connectivity index (χ1) is 11.2. The molecular formula is C18H22N2O3. The highest BCUT2D eigenvalue weighted by atomic mass is 16.5. The molecule has 5 nitrogen and oxygen atoms in total. The smallest absolute Gasteiger partial charge is 0.252 e. The van der Waals surface area contributed by atoms with Crippen molar-refractivity contribution < 1.29 is 14.3 Å². The lowest BCUT2D eigenvalue weighted by Gasteiger charge is -2.43. The molecule has 5 heteroatoms. The molecule has 3 heterocycles. The lowest BCUT2D eigenvalue weighted by molar-refractivity contribution is -0.131. The molecule has 0 aromatic heterocycles. The van der Waals surface area contributed by atoms with Gasteiger partial charge in [-0.25, -0.2) is 0 Å². The van der Waals surface area contributed by atoms with Gasteiger partial charge in [-0.3, -0.25) is 4.79 Å². The van der Waals surface area contributed by atoms with Crippen molar-refractivity contribution in [3.8, 4) is 11.5 Å². The number of fused-ring (bicyclic) bond motifs is 3. The van der Waals surface area contributed by atoms with Crippen molar-refractivity contribution in [1.82, 2.24) is 10.2 Å². The van der Waals surface area contributed by atoms with Crippen LogP contribution in [0.3, 0.4) is 0 Å². The van der Waals surface area contributed by atoms with E-state index < -0.39 is 0 Å². The minimum atomic E-state index is 0.0423. The number of methoxy groups -OCH3 is 2. The van der Waals surface area contributed by atoms with Gasteiger partial charge in [-0.1, -0.05) is 6.07 Å². The summed E-state index contributed by atoms with van der Waals surface area (Å²) >= 11 is 0. The molecule has 1 amide bonds. The van der Waals surface area contributed by atoms with Gasteiger partial charge in [0, 0.05) is 36.3 Å². The summed E-state index contributed by atoms with van der Waals surface area (Å²) in [6.45, 7) is 1.74. The number of nitrogens with zero attached hydrogens (tertiary/aromatic N) is 1. The summed E-state index contributed by atoms with van der Waals surface area (Å²) in [4.78, 5) is 14.9. The number of benzene rings is 1. The Kier molecular flexibility index (Phi) is 3.43. The molecule has 0 radical (unpaired) electrons. The molecular weight excluding hydrogens is 292 g/mol. The molecule has 0 saturated heterocycles. The Balaban J connectivity index is 1.83. The Labute approximate surface area is 136 Å². The Morgan fingerprint density at radius 2 is 2.09 bits per heavy atom. The summed E-state index contributed by atoms with van der Waals surface area (Å²) in [5.41, 5.74) is 4.49. The van der Waals surface area contributed by atoms with Crippen molar-refractivity contribution in [3.05, 3.63) is 34.5 Å². The largest absolute Gasteiger partial charge is 0.493 e. The van der Waals surface area contributed by atoms with Crippen LogP contribution in [0.4, 0.5) is 0 Å². The molecule has 0 fully saturated rings. The monoisotopic (exact) mass is 314 g/mol. The van der Waals surface area contributed by atoms with E-state index in [4.69, 9.17) is 9.47 Å². The van der Waals surface area contributed by atoms with E-state index in [9.17, 15) is 4.79 Å². The van der Waals surface area contributed by atoms with Crippen LogP contribution >= 0.6 is 0 Å². The SMILES string of the molecule is COc1ccc2c(c1OC)C1CC3=C(CCCN3)C(=O)N1CC2. The minimum Gasteiger partial charge on any atom is -0.493 e. The van der Waals surface area contributed by atoms with Crippen molar-refractivity contribution in [2.24, 2.45) is 0 Å². The van der Waals surface area contributed by atoms with Gasteiger partial charge in [0.05, 0.1) is 20.3 Å². The zero-order chi connectivity index (χ0) is 16.0. The fourth-order valence-electron chi connectivity index (χ4n) is 4.14. The van der Waals surface area contributed by atoms with Crippen LogP contribution < -0.4 is 14.8 Å². The van der Waals surface area contributed by atoms with E-state index in [1.165, 1.54) is 5.56 Å². The quantitative estimate of drug-likeness (QED) is 0.909. The summed E-state index contributed by atoms with van der Waals surface area (Å²) in [6.07, 6.45) is 3.65. The van der Waals surface area contributed by atoms with E-state index in [0.717, 1.165) is 67.1 Å². The Morgan fingerprint density at radius 1 is 1.22 bits per heavy atom. The molecule has 1 unspecified atom stereocenters. The van der Waals surface area contributed by atoms with Crippen molar-refractivity contribution in [2.45, 2.75) is 31.7 Å². The Hall–Kier alpha value is -2.17. The molecule has 3 aliphatic heterocycles. The number of hydrogen-bond acceptors (Lipinski definition) is 4. The predicted octanol–water partition coefficient (Wildman–Crippen LogP) is 2.17. The number of carbonyl (C=O) groups excluding carboxylic acids is 1. The van der Waals surface area contributed by atoms with Crippen LogP contribution in [0.5, 0.6) is 11.5 Å². The van der Waals surface area contributed by atoms with Crippen molar-refractivity contribution in [2.75, 3.05) is 27.3 Å². The third-order valence-electron chi connectivity index (χ3n) is 5.23. The van der Waals surface area contributed by atoms with E-state index >= 15 is 0 Å². The van der Waals surface area contributed by atoms with E-state index in [0.29, 0.717) is 0 Å². The van der Waals surface area contributed by atoms with Crippen molar-refractivity contribution >= 4 is 5.91 Å². The lowest BCUT2D eigenvalue weighted by Crippen LogP contribution is -2.47. The maximum atomic E-state index is 12.9. The maximum Gasteiger partial charge on any atom is 0.252 e. The lowest BCUT2D eigenvalue weighted by atomic mass is 9.83. The molecule has 1 N–H and O–H groups in total. The van der Waals surface area contributed by atoms with Gasteiger partial charge in [0.2, 0.25) is 0 Å². The van der Waals surface area contributed by atoms with E-state index in [-0.39, 0.29) is 11.9 Å². The first-order valence-corrected chi connectivity index (χ1v) is 8.25. The molecule has 0 aliphatic carbocycles. The van der Waals surface area contributed by atoms with Gasteiger partial charge in [0.1, 0.15) is 0 Å². The van der Waals surface area contributed by atoms with Gasteiger partial charge in [-0.05, 0) is 30.9 Å². The average Bonchev–Trinajstić information content (AvgIpc) is 2.60. The van der Waals surface area contributed by atoms with E-state index in [1.54, 1.807) is 14.2 Å². The second-order valence-corrected chi connectivity index (χ2v) is 6.33. The number of rotatable bonds is 2. The number of nitrogens with one attached hydrogen (secondary N) is 1. The van der Waals surface area contributed by atoms with Crippen LogP contribution in [0.25, 0.3) is 0 Å². The summed E-state index contributed by atoms with van der Waals surface area (Å²) in [5, 5.41) is 3.44. The van der Waals surface area contributed by atoms with Gasteiger partial charge < -0.3 is 19.7 Å². The molecule has 0 spiro atoms. The zero-order valence-corrected chi connectivity index (χ0v) is 13.6. The van der Waals surface area contributed by atoms with Gasteiger partial charge in [-0.15, -0.1) is 0 Å². The summed E-state index contributed by atoms with van der Waals surface area (Å²) in [6, 6.07) is 4.11. The number of amides is 1. The molecule has 3 aliphatic rings. The second-order valence-electron chi connectivity index (χ2n) is 6.33. The minimum absolute atomic E-state index is 0.0423. The molecule has 0 bridgehead atoms. The number of ether oxygens (including phenoxy) is 2. The average molecular weight is 314 g/mol. The molecule has 1 aromatic carbocycles. The molecule has 1 atom stereocenters. The first-order valence-electron chi connectivity index (χ1n) is 8.25. The summed E-state index contributed by atoms with van der Waals surface area (Å²) in [7, 11) is 3.32. The number of carbonyl (C=O) groups is 1. The van der Waals surface area contributed by atoms with Gasteiger partial charge >= 0.3 is 0 Å². The second kappa shape index (κ2) is 5.48. The maximum absolute atomic E-state index is 12.9. The van der Waals surface area contributed by atoms with Gasteiger partial charge in [0.25, 0.3) is 5.91 Å². The Bertz CT molecular complexity index is 696. The first kappa shape index (κ1) is 14.4. The van der Waals surface area contributed by atoms with Crippen LogP contribution in [-0.4, -0.2) is 38.1 Å². The highest BCUT2D eigenvalue weighted by Crippen LogP contribution is 2.47. The van der Waals surface area contributed by atoms with E-state index in [2.05, 4.69) is 11.4 Å². The summed E-state index contributed by atoms with van der Waals surface area (Å²) < 4.78 is 11.1. The standard InChI is InChI=1S/C18H22N2O3/c1-22-15-6-5-11-7-9-20-14(16(11)17(15)23-2)10-13-12(18(20)21)4-3-8-19-13/h5-6,14,19H,3-4,7-10H2,1-2H3.